The van der Waals surface area contributed by atoms with Crippen molar-refractivity contribution in [3.63, 3.8) is 0 Å². The molecule has 0 amide bonds. The van der Waals surface area contributed by atoms with E-state index in [1.165, 1.54) is 0 Å². The van der Waals surface area contributed by atoms with E-state index in [1.54, 1.807) is 18.5 Å². The van der Waals surface area contributed by atoms with Gasteiger partial charge in [0.1, 0.15) is 6.07 Å². The Morgan fingerprint density at radius 1 is 1.45 bits per heavy atom. The molecule has 2 nitrogen and oxygen atoms in total. The average Bonchev–Trinajstić information content (AvgIpc) is 2.10. The summed E-state index contributed by atoms with van der Waals surface area (Å²) in [6.07, 6.45) is 3.26. The van der Waals surface area contributed by atoms with Crippen LogP contribution in [0.3, 0.4) is 0 Å². The van der Waals surface area contributed by atoms with E-state index in [1.807, 2.05) is 19.1 Å². The Kier molecular flexibility index (Phi) is 5.22. The number of thiol groups is 1. The van der Waals surface area contributed by atoms with Crippen LogP contribution in [0.2, 0.25) is 0 Å². The van der Waals surface area contributed by atoms with Gasteiger partial charge in [0.2, 0.25) is 0 Å². The van der Waals surface area contributed by atoms with Crippen LogP contribution in [0.1, 0.15) is 11.3 Å². The fourth-order valence-electron chi connectivity index (χ4n) is 0.534. The molecule has 0 saturated heterocycles. The molecule has 0 saturated carbocycles. The van der Waals surface area contributed by atoms with Crippen molar-refractivity contribution in [3.05, 3.63) is 29.6 Å². The highest BCUT2D eigenvalue weighted by molar-refractivity contribution is 7.79. The third-order valence-corrected chi connectivity index (χ3v) is 1.04. The second-order valence-corrected chi connectivity index (χ2v) is 1.80. The first-order chi connectivity index (χ1) is 5.33. The van der Waals surface area contributed by atoms with Crippen molar-refractivity contribution in [3.8, 4) is 6.07 Å². The SMILES string of the molecule is CS.Cc1ccc(C#N)cn1. The van der Waals surface area contributed by atoms with Crippen LogP contribution in [0, 0.1) is 18.3 Å². The van der Waals surface area contributed by atoms with Crippen LogP contribution in [0.4, 0.5) is 0 Å². The monoisotopic (exact) mass is 166 g/mol. The highest BCUT2D eigenvalue weighted by Gasteiger charge is 1.86. The number of pyridine rings is 1. The lowest BCUT2D eigenvalue weighted by molar-refractivity contribution is 1.19. The van der Waals surface area contributed by atoms with Crippen molar-refractivity contribution in [1.29, 1.82) is 5.26 Å². The summed E-state index contributed by atoms with van der Waals surface area (Å²) in [5, 5.41) is 8.34. The van der Waals surface area contributed by atoms with Gasteiger partial charge in [-0.3, -0.25) is 4.98 Å². The van der Waals surface area contributed by atoms with Crippen LogP contribution in [-0.2, 0) is 0 Å². The zero-order valence-corrected chi connectivity index (χ0v) is 7.47. The smallest absolute Gasteiger partial charge is 0.101 e. The Hall–Kier alpha value is -1.01. The molecular formula is C8H10N2S. The molecular weight excluding hydrogens is 156 g/mol. The molecule has 0 bridgehead atoms. The number of hydrogen-bond acceptors (Lipinski definition) is 3. The maximum atomic E-state index is 8.34. The third kappa shape index (κ3) is 3.64. The van der Waals surface area contributed by atoms with Gasteiger partial charge in [-0.2, -0.15) is 17.9 Å². The van der Waals surface area contributed by atoms with Gasteiger partial charge in [0.05, 0.1) is 5.56 Å². The first kappa shape index (κ1) is 9.99. The number of nitriles is 1. The van der Waals surface area contributed by atoms with Gasteiger partial charge in [0, 0.05) is 11.9 Å². The van der Waals surface area contributed by atoms with E-state index in [9.17, 15) is 0 Å². The zero-order valence-electron chi connectivity index (χ0n) is 6.57. The lowest BCUT2D eigenvalue weighted by Gasteiger charge is -1.87. The molecule has 0 spiro atoms. The summed E-state index contributed by atoms with van der Waals surface area (Å²) in [6.45, 7) is 1.89. The van der Waals surface area contributed by atoms with Crippen molar-refractivity contribution >= 4 is 12.6 Å². The number of hydrogen-bond donors (Lipinski definition) is 1. The summed E-state index contributed by atoms with van der Waals surface area (Å²) < 4.78 is 0. The van der Waals surface area contributed by atoms with E-state index >= 15 is 0 Å². The van der Waals surface area contributed by atoms with E-state index < -0.39 is 0 Å². The van der Waals surface area contributed by atoms with Gasteiger partial charge in [-0.05, 0) is 25.3 Å². The van der Waals surface area contributed by atoms with Crippen LogP contribution in [0.25, 0.3) is 0 Å². The minimum absolute atomic E-state index is 0.612. The molecule has 0 radical (unpaired) electrons. The van der Waals surface area contributed by atoms with Crippen LogP contribution < -0.4 is 0 Å². The van der Waals surface area contributed by atoms with Gasteiger partial charge >= 0.3 is 0 Å². The molecule has 0 aromatic carbocycles. The lowest BCUT2D eigenvalue weighted by Crippen LogP contribution is -1.79. The predicted molar refractivity (Wildman–Crippen MR) is 48.6 cm³/mol. The average molecular weight is 166 g/mol. The molecule has 11 heavy (non-hydrogen) atoms. The summed E-state index contributed by atoms with van der Waals surface area (Å²) in [5.74, 6) is 0. The Morgan fingerprint density at radius 3 is 2.45 bits per heavy atom. The van der Waals surface area contributed by atoms with Gasteiger partial charge in [-0.15, -0.1) is 0 Å². The highest BCUT2D eigenvalue weighted by atomic mass is 32.1. The molecule has 1 heterocycles. The van der Waals surface area contributed by atoms with Crippen molar-refractivity contribution in [1.82, 2.24) is 4.98 Å². The Morgan fingerprint density at radius 2 is 2.09 bits per heavy atom. The van der Waals surface area contributed by atoms with Crippen LogP contribution in [0.15, 0.2) is 18.3 Å². The maximum Gasteiger partial charge on any atom is 0.101 e. The molecule has 0 unspecified atom stereocenters. The molecule has 0 fully saturated rings. The number of aromatic nitrogens is 1. The van der Waals surface area contributed by atoms with Gasteiger partial charge in [-0.1, -0.05) is 0 Å². The second-order valence-electron chi connectivity index (χ2n) is 1.80. The molecule has 0 aliphatic rings. The summed E-state index contributed by atoms with van der Waals surface area (Å²) in [7, 11) is 0. The van der Waals surface area contributed by atoms with Gasteiger partial charge in [0.25, 0.3) is 0 Å². The van der Waals surface area contributed by atoms with E-state index in [0.717, 1.165) is 5.69 Å². The fraction of sp³-hybridized carbons (Fsp3) is 0.250. The van der Waals surface area contributed by atoms with Crippen LogP contribution in [-0.4, -0.2) is 11.2 Å². The second kappa shape index (κ2) is 5.75. The number of rotatable bonds is 0. The summed E-state index contributed by atoms with van der Waals surface area (Å²) >= 11 is 3.53. The summed E-state index contributed by atoms with van der Waals surface area (Å²) in [4.78, 5) is 3.93. The van der Waals surface area contributed by atoms with Crippen LogP contribution in [0.5, 0.6) is 0 Å². The number of aryl methyl sites for hydroxylation is 1. The number of nitrogens with zero attached hydrogens (tertiary/aromatic N) is 2. The molecule has 1 aromatic rings. The molecule has 58 valence electrons. The normalized spacial score (nSPS) is 7.45. The topological polar surface area (TPSA) is 36.7 Å². The van der Waals surface area contributed by atoms with Crippen molar-refractivity contribution in [2.45, 2.75) is 6.92 Å². The Balaban J connectivity index is 0.000000461. The molecule has 0 aliphatic carbocycles. The molecule has 0 atom stereocenters. The first-order valence-corrected chi connectivity index (χ1v) is 4.00. The van der Waals surface area contributed by atoms with Gasteiger partial charge in [-0.25, -0.2) is 0 Å². The van der Waals surface area contributed by atoms with Crippen molar-refractivity contribution in [2.75, 3.05) is 6.26 Å². The van der Waals surface area contributed by atoms with E-state index in [4.69, 9.17) is 5.26 Å². The largest absolute Gasteiger partial charge is 0.260 e. The van der Waals surface area contributed by atoms with E-state index in [2.05, 4.69) is 17.6 Å². The molecule has 3 heteroatoms. The van der Waals surface area contributed by atoms with Crippen LogP contribution >= 0.6 is 12.6 Å². The quantitative estimate of drug-likeness (QED) is 0.597. The Labute approximate surface area is 72.3 Å². The van der Waals surface area contributed by atoms with Gasteiger partial charge in [0.15, 0.2) is 0 Å². The third-order valence-electron chi connectivity index (χ3n) is 1.04. The fourth-order valence-corrected chi connectivity index (χ4v) is 0.534. The predicted octanol–water partition coefficient (Wildman–Crippen LogP) is 1.81. The molecule has 0 N–H and O–H groups in total. The van der Waals surface area contributed by atoms with E-state index in [-0.39, 0.29) is 0 Å². The minimum atomic E-state index is 0.612. The minimum Gasteiger partial charge on any atom is -0.260 e. The molecule has 1 aromatic heterocycles. The lowest BCUT2D eigenvalue weighted by atomic mass is 10.3. The van der Waals surface area contributed by atoms with Crippen molar-refractivity contribution < 1.29 is 0 Å². The Bertz CT molecular complexity index is 235. The maximum absolute atomic E-state index is 8.34. The van der Waals surface area contributed by atoms with Crippen molar-refractivity contribution in [2.24, 2.45) is 0 Å². The summed E-state index contributed by atoms with van der Waals surface area (Å²) in [6, 6.07) is 5.56. The van der Waals surface area contributed by atoms with Gasteiger partial charge < -0.3 is 0 Å². The molecule has 0 aliphatic heterocycles. The standard InChI is InChI=1S/C7H6N2.CH4S/c1-6-2-3-7(4-8)5-9-6;1-2/h2-3,5H,1H3;2H,1H3. The summed E-state index contributed by atoms with van der Waals surface area (Å²) in [5.41, 5.74) is 1.55. The highest BCUT2D eigenvalue weighted by Crippen LogP contribution is 1.95. The van der Waals surface area contributed by atoms with E-state index in [0.29, 0.717) is 5.56 Å². The zero-order chi connectivity index (χ0) is 8.69. The molecule has 1 rings (SSSR count). The first-order valence-electron chi connectivity index (χ1n) is 3.10.